The molecule has 2 rings (SSSR count). The van der Waals surface area contributed by atoms with Gasteiger partial charge in [0.25, 0.3) is 0 Å². The van der Waals surface area contributed by atoms with Gasteiger partial charge in [0, 0.05) is 24.0 Å². The fraction of sp³-hybridized carbons (Fsp3) is 0.375. The fourth-order valence-electron chi connectivity index (χ4n) is 1.06. The molecule has 2 aromatic rings. The first-order valence-corrected chi connectivity index (χ1v) is 5.77. The second kappa shape index (κ2) is 4.61. The van der Waals surface area contributed by atoms with Crippen LogP contribution in [0.2, 0.25) is 0 Å². The molecule has 0 N–H and O–H groups in total. The molecule has 0 atom stereocenters. The predicted molar refractivity (Wildman–Crippen MR) is 56.8 cm³/mol. The zero-order valence-corrected chi connectivity index (χ0v) is 9.00. The number of thioether (sulfide) groups is 1. The van der Waals surface area contributed by atoms with Gasteiger partial charge in [-0.05, 0) is 6.42 Å². The van der Waals surface area contributed by atoms with Crippen molar-refractivity contribution in [1.29, 1.82) is 0 Å². The molecule has 0 amide bonds. The van der Waals surface area contributed by atoms with E-state index in [0.717, 1.165) is 22.8 Å². The van der Waals surface area contributed by atoms with E-state index >= 15 is 0 Å². The first-order valence-electron chi connectivity index (χ1n) is 4.25. The van der Waals surface area contributed by atoms with E-state index in [0.29, 0.717) is 5.88 Å². The minimum atomic E-state index is 0.683. The number of fused-ring (bicyclic) bond motifs is 1. The van der Waals surface area contributed by atoms with Crippen molar-refractivity contribution in [3.63, 3.8) is 0 Å². The summed E-state index contributed by atoms with van der Waals surface area (Å²) in [4.78, 5) is 4.25. The van der Waals surface area contributed by atoms with Crippen LogP contribution in [0.1, 0.15) is 6.42 Å². The van der Waals surface area contributed by atoms with Crippen molar-refractivity contribution in [3.05, 3.63) is 18.7 Å². The van der Waals surface area contributed by atoms with Crippen molar-refractivity contribution >= 4 is 29.0 Å². The number of rotatable bonds is 4. The Labute approximate surface area is 90.7 Å². The lowest BCUT2D eigenvalue weighted by atomic mass is 10.6. The molecule has 6 heteroatoms. The second-order valence-corrected chi connectivity index (χ2v) is 4.15. The Kier molecular flexibility index (Phi) is 3.21. The standard InChI is InChI=1S/C8H9ClN4S/c9-2-1-5-14-8-7-12-11-6-13(7)4-3-10-8/h3-4,6H,1-2,5H2. The minimum absolute atomic E-state index is 0.683. The number of aromatic nitrogens is 4. The third-order valence-electron chi connectivity index (χ3n) is 1.70. The molecule has 0 radical (unpaired) electrons. The van der Waals surface area contributed by atoms with Gasteiger partial charge in [0.05, 0.1) is 0 Å². The van der Waals surface area contributed by atoms with E-state index in [-0.39, 0.29) is 0 Å². The Morgan fingerprint density at radius 3 is 3.29 bits per heavy atom. The molecule has 0 aliphatic heterocycles. The topological polar surface area (TPSA) is 43.1 Å². The molecule has 2 heterocycles. The van der Waals surface area contributed by atoms with Crippen LogP contribution in [0.25, 0.3) is 5.65 Å². The fourth-order valence-corrected chi connectivity index (χ4v) is 2.25. The van der Waals surface area contributed by atoms with Crippen molar-refractivity contribution in [2.45, 2.75) is 11.4 Å². The summed E-state index contributed by atoms with van der Waals surface area (Å²) in [5.41, 5.74) is 0.812. The smallest absolute Gasteiger partial charge is 0.193 e. The highest BCUT2D eigenvalue weighted by molar-refractivity contribution is 7.99. The van der Waals surface area contributed by atoms with Gasteiger partial charge >= 0.3 is 0 Å². The molecule has 74 valence electrons. The summed E-state index contributed by atoms with van der Waals surface area (Å²) in [5, 5.41) is 8.73. The van der Waals surface area contributed by atoms with E-state index in [2.05, 4.69) is 15.2 Å². The van der Waals surface area contributed by atoms with Crippen molar-refractivity contribution in [3.8, 4) is 0 Å². The molecule has 0 spiro atoms. The molecule has 0 fully saturated rings. The summed E-state index contributed by atoms with van der Waals surface area (Å²) in [6.07, 6.45) is 6.23. The van der Waals surface area contributed by atoms with Crippen LogP contribution in [0, 0.1) is 0 Å². The summed E-state index contributed by atoms with van der Waals surface area (Å²) in [6.45, 7) is 0. The van der Waals surface area contributed by atoms with Crippen LogP contribution in [0.3, 0.4) is 0 Å². The van der Waals surface area contributed by atoms with Gasteiger partial charge in [-0.25, -0.2) is 4.98 Å². The highest BCUT2D eigenvalue weighted by Gasteiger charge is 2.04. The van der Waals surface area contributed by atoms with Crippen LogP contribution < -0.4 is 0 Å². The minimum Gasteiger partial charge on any atom is -0.285 e. The quantitative estimate of drug-likeness (QED) is 0.455. The molecular formula is C8H9ClN4S. The van der Waals surface area contributed by atoms with Gasteiger partial charge in [-0.1, -0.05) is 0 Å². The average molecular weight is 229 g/mol. The number of nitrogens with zero attached hydrogens (tertiary/aromatic N) is 4. The molecule has 0 saturated heterocycles. The zero-order chi connectivity index (χ0) is 9.80. The number of alkyl halides is 1. The highest BCUT2D eigenvalue weighted by atomic mass is 35.5. The van der Waals surface area contributed by atoms with E-state index in [9.17, 15) is 0 Å². The monoisotopic (exact) mass is 228 g/mol. The largest absolute Gasteiger partial charge is 0.285 e. The first-order chi connectivity index (χ1) is 6.92. The summed E-state index contributed by atoms with van der Waals surface area (Å²) < 4.78 is 1.86. The van der Waals surface area contributed by atoms with Crippen LogP contribution in [-0.4, -0.2) is 31.2 Å². The molecule has 4 nitrogen and oxygen atoms in total. The third-order valence-corrected chi connectivity index (χ3v) is 3.02. The van der Waals surface area contributed by atoms with Crippen molar-refractivity contribution in [2.75, 3.05) is 11.6 Å². The maximum Gasteiger partial charge on any atom is 0.193 e. The Morgan fingerprint density at radius 1 is 1.50 bits per heavy atom. The van der Waals surface area contributed by atoms with E-state index in [1.807, 2.05) is 10.6 Å². The molecule has 0 aliphatic carbocycles. The average Bonchev–Trinajstić information content (AvgIpc) is 2.67. The molecule has 2 aromatic heterocycles. The number of hydrogen-bond acceptors (Lipinski definition) is 4. The molecule has 0 bridgehead atoms. The summed E-state index contributed by atoms with van der Waals surface area (Å²) >= 11 is 7.26. The molecule has 0 saturated carbocycles. The molecule has 0 aromatic carbocycles. The van der Waals surface area contributed by atoms with Gasteiger partial charge in [-0.2, -0.15) is 0 Å². The summed E-state index contributed by atoms with van der Waals surface area (Å²) in [5.74, 6) is 1.64. The van der Waals surface area contributed by atoms with Crippen molar-refractivity contribution in [2.24, 2.45) is 0 Å². The van der Waals surface area contributed by atoms with Crippen LogP contribution in [0.4, 0.5) is 0 Å². The summed E-state index contributed by atoms with van der Waals surface area (Å²) in [7, 11) is 0. The van der Waals surface area contributed by atoms with Crippen LogP contribution in [0.5, 0.6) is 0 Å². The summed E-state index contributed by atoms with van der Waals surface area (Å²) in [6, 6.07) is 0. The lowest BCUT2D eigenvalue weighted by Gasteiger charge is -1.99. The molecule has 0 unspecified atom stereocenters. The lowest BCUT2D eigenvalue weighted by Crippen LogP contribution is -1.90. The second-order valence-electron chi connectivity index (χ2n) is 2.69. The van der Waals surface area contributed by atoms with Gasteiger partial charge in [-0.15, -0.1) is 33.6 Å². The van der Waals surface area contributed by atoms with Crippen LogP contribution >= 0.6 is 23.4 Å². The van der Waals surface area contributed by atoms with Crippen LogP contribution in [0.15, 0.2) is 23.7 Å². The van der Waals surface area contributed by atoms with Crippen molar-refractivity contribution in [1.82, 2.24) is 19.6 Å². The number of halogens is 1. The Morgan fingerprint density at radius 2 is 2.43 bits per heavy atom. The lowest BCUT2D eigenvalue weighted by molar-refractivity contribution is 1.02. The number of hydrogen-bond donors (Lipinski definition) is 0. The maximum atomic E-state index is 5.60. The van der Waals surface area contributed by atoms with Gasteiger partial charge in [0.15, 0.2) is 5.65 Å². The Balaban J connectivity index is 2.19. The van der Waals surface area contributed by atoms with E-state index < -0.39 is 0 Å². The van der Waals surface area contributed by atoms with Gasteiger partial charge in [-0.3, -0.25) is 4.40 Å². The predicted octanol–water partition coefficient (Wildman–Crippen LogP) is 1.85. The molecule has 14 heavy (non-hydrogen) atoms. The van der Waals surface area contributed by atoms with E-state index in [1.165, 1.54) is 0 Å². The van der Waals surface area contributed by atoms with E-state index in [1.54, 1.807) is 24.3 Å². The zero-order valence-electron chi connectivity index (χ0n) is 7.43. The first kappa shape index (κ1) is 9.73. The van der Waals surface area contributed by atoms with Crippen molar-refractivity contribution < 1.29 is 0 Å². The van der Waals surface area contributed by atoms with Crippen LogP contribution in [-0.2, 0) is 0 Å². The Hall–Kier alpha value is -0.810. The molecule has 0 aliphatic rings. The normalized spacial score (nSPS) is 10.9. The third kappa shape index (κ3) is 1.99. The van der Waals surface area contributed by atoms with E-state index in [4.69, 9.17) is 11.6 Å². The Bertz CT molecular complexity index is 416. The maximum absolute atomic E-state index is 5.60. The SMILES string of the molecule is ClCCCSc1nccn2cnnc12. The molecular weight excluding hydrogens is 220 g/mol. The van der Waals surface area contributed by atoms with Gasteiger partial charge in [0.1, 0.15) is 11.4 Å². The van der Waals surface area contributed by atoms with Gasteiger partial charge in [0.2, 0.25) is 0 Å². The van der Waals surface area contributed by atoms with Gasteiger partial charge < -0.3 is 0 Å². The highest BCUT2D eigenvalue weighted by Crippen LogP contribution is 2.19.